The molecule has 22 heavy (non-hydrogen) atoms. The molecule has 2 rings (SSSR count). The van der Waals surface area contributed by atoms with Gasteiger partial charge < -0.3 is 10.2 Å². The number of para-hydroxylation sites is 1. The summed E-state index contributed by atoms with van der Waals surface area (Å²) in [5.41, 5.74) is 0.856. The largest absolute Gasteiger partial charge is 0.322 e. The third-order valence-electron chi connectivity index (χ3n) is 4.11. The van der Waals surface area contributed by atoms with E-state index in [1.54, 1.807) is 6.08 Å². The minimum absolute atomic E-state index is 0.0186. The Bertz CT molecular complexity index is 489. The molecule has 0 unspecified atom stereocenters. The van der Waals surface area contributed by atoms with Crippen LogP contribution in [0.25, 0.3) is 0 Å². The Morgan fingerprint density at radius 1 is 1.23 bits per heavy atom. The van der Waals surface area contributed by atoms with Crippen LogP contribution in [0.1, 0.15) is 38.5 Å². The molecular weight excluding hydrogens is 272 g/mol. The quantitative estimate of drug-likeness (QED) is 0.738. The summed E-state index contributed by atoms with van der Waals surface area (Å²) in [6.07, 6.45) is 12.6. The van der Waals surface area contributed by atoms with Gasteiger partial charge in [-0.25, -0.2) is 4.79 Å². The number of allylic oxidation sites excluding steroid dienone is 2. The summed E-state index contributed by atoms with van der Waals surface area (Å²) in [6, 6.07) is 10.1. The number of amides is 2. The number of anilines is 1. The summed E-state index contributed by atoms with van der Waals surface area (Å²) < 4.78 is 0. The maximum atomic E-state index is 12.6. The molecule has 1 fully saturated rings. The van der Waals surface area contributed by atoms with Crippen LogP contribution in [-0.2, 0) is 0 Å². The maximum absolute atomic E-state index is 12.6. The number of nitrogens with zero attached hydrogens (tertiary/aromatic N) is 1. The second-order valence-electron chi connectivity index (χ2n) is 5.73. The molecule has 3 nitrogen and oxygen atoms in total. The van der Waals surface area contributed by atoms with E-state index in [2.05, 4.69) is 18.0 Å². The number of carbonyl (C=O) groups excluding carboxylic acids is 1. The van der Waals surface area contributed by atoms with Crippen molar-refractivity contribution in [2.24, 2.45) is 0 Å². The van der Waals surface area contributed by atoms with Crippen LogP contribution in [-0.4, -0.2) is 23.5 Å². The van der Waals surface area contributed by atoms with Gasteiger partial charge in [0.05, 0.1) is 0 Å². The lowest BCUT2D eigenvalue weighted by atomic mass is 9.94. The first-order valence-corrected chi connectivity index (χ1v) is 8.21. The van der Waals surface area contributed by atoms with E-state index in [1.807, 2.05) is 41.3 Å². The van der Waals surface area contributed by atoms with E-state index in [9.17, 15) is 4.79 Å². The van der Waals surface area contributed by atoms with E-state index >= 15 is 0 Å². The van der Waals surface area contributed by atoms with Crippen molar-refractivity contribution in [3.63, 3.8) is 0 Å². The van der Waals surface area contributed by atoms with Crippen molar-refractivity contribution in [1.82, 2.24) is 4.90 Å². The van der Waals surface area contributed by atoms with E-state index in [4.69, 9.17) is 0 Å². The van der Waals surface area contributed by atoms with Crippen LogP contribution < -0.4 is 5.32 Å². The number of nitrogens with one attached hydrogen (secondary N) is 1. The molecule has 0 saturated heterocycles. The van der Waals surface area contributed by atoms with E-state index in [0.29, 0.717) is 6.04 Å². The molecule has 0 aromatic heterocycles. The van der Waals surface area contributed by atoms with Crippen LogP contribution in [0.3, 0.4) is 0 Å². The fourth-order valence-corrected chi connectivity index (χ4v) is 2.97. The van der Waals surface area contributed by atoms with E-state index in [-0.39, 0.29) is 6.03 Å². The van der Waals surface area contributed by atoms with Crippen LogP contribution in [0.5, 0.6) is 0 Å². The third kappa shape index (κ3) is 5.06. The Labute approximate surface area is 133 Å². The molecular formula is C19H26N2O. The monoisotopic (exact) mass is 298 g/mol. The van der Waals surface area contributed by atoms with Crippen LogP contribution in [0.4, 0.5) is 10.5 Å². The molecule has 3 heteroatoms. The Kier molecular flexibility index (Phi) is 6.75. The molecule has 0 spiro atoms. The fraction of sp³-hybridized carbons (Fsp3) is 0.421. The Morgan fingerprint density at radius 2 is 1.95 bits per heavy atom. The zero-order chi connectivity index (χ0) is 15.6. The molecule has 0 heterocycles. The first kappa shape index (κ1) is 16.3. The predicted octanol–water partition coefficient (Wildman–Crippen LogP) is 4.99. The molecule has 0 aliphatic heterocycles. The van der Waals surface area contributed by atoms with Gasteiger partial charge in [-0.15, -0.1) is 0 Å². The summed E-state index contributed by atoms with van der Waals surface area (Å²) in [5.74, 6) is 0. The van der Waals surface area contributed by atoms with Crippen LogP contribution in [0.15, 0.2) is 55.1 Å². The maximum Gasteiger partial charge on any atom is 0.322 e. The van der Waals surface area contributed by atoms with Gasteiger partial charge in [-0.1, -0.05) is 62.3 Å². The highest BCUT2D eigenvalue weighted by atomic mass is 16.2. The van der Waals surface area contributed by atoms with Crippen molar-refractivity contribution < 1.29 is 4.79 Å². The van der Waals surface area contributed by atoms with Gasteiger partial charge in [0.15, 0.2) is 0 Å². The van der Waals surface area contributed by atoms with Crippen LogP contribution >= 0.6 is 0 Å². The number of urea groups is 1. The second-order valence-corrected chi connectivity index (χ2v) is 5.73. The molecule has 118 valence electrons. The summed E-state index contributed by atoms with van der Waals surface area (Å²) in [4.78, 5) is 14.7. The van der Waals surface area contributed by atoms with Gasteiger partial charge in [0, 0.05) is 18.3 Å². The van der Waals surface area contributed by atoms with Crippen molar-refractivity contribution in [1.29, 1.82) is 0 Å². The van der Waals surface area contributed by atoms with Gasteiger partial charge in [-0.2, -0.15) is 0 Å². The van der Waals surface area contributed by atoms with Crippen molar-refractivity contribution in [3.8, 4) is 0 Å². The number of rotatable bonds is 6. The van der Waals surface area contributed by atoms with Crippen LogP contribution in [0, 0.1) is 0 Å². The highest BCUT2D eigenvalue weighted by Gasteiger charge is 2.24. The van der Waals surface area contributed by atoms with Crippen molar-refractivity contribution in [2.75, 3.05) is 11.9 Å². The van der Waals surface area contributed by atoms with Gasteiger partial charge in [-0.05, 0) is 31.4 Å². The van der Waals surface area contributed by atoms with Gasteiger partial charge in [0.25, 0.3) is 0 Å². The molecule has 1 aliphatic carbocycles. The zero-order valence-electron chi connectivity index (χ0n) is 13.2. The van der Waals surface area contributed by atoms with E-state index in [1.165, 1.54) is 19.3 Å². The lowest BCUT2D eigenvalue weighted by Gasteiger charge is -2.34. The van der Waals surface area contributed by atoms with Gasteiger partial charge in [-0.3, -0.25) is 0 Å². The van der Waals surface area contributed by atoms with Gasteiger partial charge in [0.1, 0.15) is 0 Å². The predicted molar refractivity (Wildman–Crippen MR) is 93.0 cm³/mol. The topological polar surface area (TPSA) is 32.3 Å². The van der Waals surface area contributed by atoms with Crippen LogP contribution in [0.2, 0.25) is 0 Å². The SMILES string of the molecule is C=C/C=C/CCN(C(=O)Nc1ccccc1)C1CCCCC1. The summed E-state index contributed by atoms with van der Waals surface area (Å²) in [5, 5.41) is 3.02. The number of carbonyl (C=O) groups is 1. The number of benzene rings is 1. The lowest BCUT2D eigenvalue weighted by Crippen LogP contribution is -2.44. The van der Waals surface area contributed by atoms with Gasteiger partial charge in [0.2, 0.25) is 0 Å². The zero-order valence-corrected chi connectivity index (χ0v) is 13.2. The Morgan fingerprint density at radius 3 is 2.64 bits per heavy atom. The molecule has 1 aromatic carbocycles. The minimum atomic E-state index is 0.0186. The van der Waals surface area contributed by atoms with E-state index < -0.39 is 0 Å². The first-order chi connectivity index (χ1) is 10.8. The van der Waals surface area contributed by atoms with Gasteiger partial charge >= 0.3 is 6.03 Å². The normalized spacial score (nSPS) is 15.6. The molecule has 0 bridgehead atoms. The average molecular weight is 298 g/mol. The Hall–Kier alpha value is -2.03. The smallest absolute Gasteiger partial charge is 0.321 e. The summed E-state index contributed by atoms with van der Waals surface area (Å²) in [7, 11) is 0. The highest BCUT2D eigenvalue weighted by Crippen LogP contribution is 2.23. The summed E-state index contributed by atoms with van der Waals surface area (Å²) in [6.45, 7) is 4.44. The molecule has 1 saturated carbocycles. The number of hydrogen-bond acceptors (Lipinski definition) is 1. The number of hydrogen-bond donors (Lipinski definition) is 1. The molecule has 0 radical (unpaired) electrons. The first-order valence-electron chi connectivity index (χ1n) is 8.21. The molecule has 1 aliphatic rings. The van der Waals surface area contributed by atoms with Crippen molar-refractivity contribution in [2.45, 2.75) is 44.6 Å². The lowest BCUT2D eigenvalue weighted by molar-refractivity contribution is 0.169. The minimum Gasteiger partial charge on any atom is -0.321 e. The highest BCUT2D eigenvalue weighted by molar-refractivity contribution is 5.89. The standard InChI is InChI=1S/C19H26N2O/c1-2-3-4-11-16-21(18-14-9-6-10-15-18)19(22)20-17-12-7-5-8-13-17/h2-5,7-8,12-13,18H,1,6,9-11,14-16H2,(H,20,22)/b4-3+. The molecule has 1 N–H and O–H groups in total. The second kappa shape index (κ2) is 9.08. The third-order valence-corrected chi connectivity index (χ3v) is 4.11. The average Bonchev–Trinajstić information content (AvgIpc) is 2.56. The fourth-order valence-electron chi connectivity index (χ4n) is 2.97. The van der Waals surface area contributed by atoms with E-state index in [0.717, 1.165) is 31.5 Å². The van der Waals surface area contributed by atoms with Crippen molar-refractivity contribution >= 4 is 11.7 Å². The Balaban J connectivity index is 1.99. The molecule has 1 aromatic rings. The molecule has 2 amide bonds. The molecule has 0 atom stereocenters. The van der Waals surface area contributed by atoms with Crippen molar-refractivity contribution in [3.05, 3.63) is 55.1 Å². The summed E-state index contributed by atoms with van der Waals surface area (Å²) >= 11 is 0.